The van der Waals surface area contributed by atoms with E-state index in [0.29, 0.717) is 13.0 Å². The summed E-state index contributed by atoms with van der Waals surface area (Å²) in [5, 5.41) is 1.56. The fourth-order valence-corrected chi connectivity index (χ4v) is 5.33. The summed E-state index contributed by atoms with van der Waals surface area (Å²) in [5.41, 5.74) is 3.44. The SMILES string of the molecule is Cc1ccc2sc(N(CCCN(C)C)C(=O)CCCSc3ccc(Cl)cc3)nc2c1C. The second-order valence-electron chi connectivity index (χ2n) is 7.96. The molecule has 0 aliphatic rings. The van der Waals surface area contributed by atoms with Crippen LogP contribution in [0.15, 0.2) is 41.3 Å². The van der Waals surface area contributed by atoms with Gasteiger partial charge in [0.25, 0.3) is 0 Å². The number of fused-ring (bicyclic) bond motifs is 1. The quantitative estimate of drug-likeness (QED) is 0.250. The Bertz CT molecular complexity index is 1020. The molecule has 0 N–H and O–H groups in total. The molecule has 0 atom stereocenters. The summed E-state index contributed by atoms with van der Waals surface area (Å²) in [7, 11) is 4.12. The molecule has 3 aromatic rings. The lowest BCUT2D eigenvalue weighted by atomic mass is 10.1. The van der Waals surface area contributed by atoms with Crippen molar-refractivity contribution in [3.63, 3.8) is 0 Å². The first kappa shape index (κ1) is 24.1. The molecule has 2 aromatic carbocycles. The van der Waals surface area contributed by atoms with Gasteiger partial charge in [-0.25, -0.2) is 4.98 Å². The van der Waals surface area contributed by atoms with Crippen LogP contribution in [0.4, 0.5) is 5.13 Å². The second-order valence-corrected chi connectivity index (χ2v) is 10.6. The number of anilines is 1. The topological polar surface area (TPSA) is 36.4 Å². The summed E-state index contributed by atoms with van der Waals surface area (Å²) in [4.78, 5) is 23.3. The van der Waals surface area contributed by atoms with E-state index in [1.165, 1.54) is 16.0 Å². The fraction of sp³-hybridized carbons (Fsp3) is 0.417. The van der Waals surface area contributed by atoms with Crippen molar-refractivity contribution < 1.29 is 4.79 Å². The first-order chi connectivity index (χ1) is 14.8. The number of carbonyl (C=O) groups is 1. The van der Waals surface area contributed by atoms with Crippen molar-refractivity contribution in [2.45, 2.75) is 38.0 Å². The molecule has 31 heavy (non-hydrogen) atoms. The molecule has 0 spiro atoms. The molecule has 166 valence electrons. The van der Waals surface area contributed by atoms with Crippen LogP contribution in [0.2, 0.25) is 5.02 Å². The van der Waals surface area contributed by atoms with Gasteiger partial charge >= 0.3 is 0 Å². The van der Waals surface area contributed by atoms with Crippen LogP contribution in [0, 0.1) is 13.8 Å². The van der Waals surface area contributed by atoms with Crippen LogP contribution in [0.1, 0.15) is 30.4 Å². The van der Waals surface area contributed by atoms with E-state index in [-0.39, 0.29) is 5.91 Å². The van der Waals surface area contributed by atoms with Gasteiger partial charge in [-0.1, -0.05) is 29.0 Å². The number of nitrogens with zero attached hydrogens (tertiary/aromatic N) is 3. The third-order valence-electron chi connectivity index (χ3n) is 5.21. The van der Waals surface area contributed by atoms with Crippen molar-refractivity contribution in [2.75, 3.05) is 37.8 Å². The predicted octanol–water partition coefficient (Wildman–Crippen LogP) is 6.42. The lowest BCUT2D eigenvalue weighted by molar-refractivity contribution is -0.118. The van der Waals surface area contributed by atoms with Gasteiger partial charge < -0.3 is 4.90 Å². The number of thioether (sulfide) groups is 1. The number of thiazole rings is 1. The van der Waals surface area contributed by atoms with Crippen molar-refractivity contribution in [1.82, 2.24) is 9.88 Å². The Balaban J connectivity index is 1.66. The minimum absolute atomic E-state index is 0.156. The maximum atomic E-state index is 13.2. The van der Waals surface area contributed by atoms with Gasteiger partial charge in [0.15, 0.2) is 5.13 Å². The smallest absolute Gasteiger partial charge is 0.228 e. The molecule has 7 heteroatoms. The van der Waals surface area contributed by atoms with E-state index in [1.54, 1.807) is 23.1 Å². The molecular weight excluding hydrogens is 446 g/mol. The van der Waals surface area contributed by atoms with Gasteiger partial charge in [0, 0.05) is 22.9 Å². The molecule has 0 bridgehead atoms. The second kappa shape index (κ2) is 11.3. The van der Waals surface area contributed by atoms with Gasteiger partial charge in [-0.05, 0) is 94.5 Å². The van der Waals surface area contributed by atoms with Gasteiger partial charge in [-0.15, -0.1) is 11.8 Å². The predicted molar refractivity (Wildman–Crippen MR) is 136 cm³/mol. The minimum Gasteiger partial charge on any atom is -0.309 e. The molecule has 1 aromatic heterocycles. The van der Waals surface area contributed by atoms with Gasteiger partial charge in [-0.2, -0.15) is 0 Å². The molecule has 0 aliphatic carbocycles. The molecule has 0 aliphatic heterocycles. The molecule has 4 nitrogen and oxygen atoms in total. The summed E-state index contributed by atoms with van der Waals surface area (Å²) >= 11 is 9.32. The Kier molecular flexibility index (Phi) is 8.78. The summed E-state index contributed by atoms with van der Waals surface area (Å²) in [6.45, 7) is 5.85. The lowest BCUT2D eigenvalue weighted by Crippen LogP contribution is -2.33. The van der Waals surface area contributed by atoms with Crippen molar-refractivity contribution in [1.29, 1.82) is 0 Å². The number of aromatic nitrogens is 1. The minimum atomic E-state index is 0.156. The van der Waals surface area contributed by atoms with Crippen molar-refractivity contribution in [3.05, 3.63) is 52.5 Å². The third kappa shape index (κ3) is 6.69. The van der Waals surface area contributed by atoms with Crippen LogP contribution >= 0.6 is 34.7 Å². The number of hydrogen-bond acceptors (Lipinski definition) is 5. The van der Waals surface area contributed by atoms with Crippen LogP contribution < -0.4 is 4.90 Å². The van der Waals surface area contributed by atoms with E-state index in [4.69, 9.17) is 16.6 Å². The molecular formula is C24H30ClN3OS2. The zero-order chi connectivity index (χ0) is 22.4. The van der Waals surface area contributed by atoms with E-state index < -0.39 is 0 Å². The van der Waals surface area contributed by atoms with Gasteiger partial charge in [-0.3, -0.25) is 9.69 Å². The number of carbonyl (C=O) groups excluding carboxylic acids is 1. The van der Waals surface area contributed by atoms with Crippen LogP contribution in [0.25, 0.3) is 10.2 Å². The molecule has 0 radical (unpaired) electrons. The standard InChI is InChI=1S/C24H30ClN3OS2/c1-17-8-13-21-23(18(17)2)26-24(31-21)28(15-6-14-27(3)4)22(29)7-5-16-30-20-11-9-19(25)10-12-20/h8-13H,5-7,14-16H2,1-4H3. The molecule has 1 amide bonds. The molecule has 0 unspecified atom stereocenters. The number of rotatable bonds is 10. The van der Waals surface area contributed by atoms with Gasteiger partial charge in [0.1, 0.15) is 0 Å². The van der Waals surface area contributed by atoms with E-state index in [2.05, 4.69) is 45.0 Å². The zero-order valence-electron chi connectivity index (χ0n) is 18.7. The number of aryl methyl sites for hydroxylation is 2. The van der Waals surface area contributed by atoms with Crippen LogP contribution in [-0.4, -0.2) is 48.7 Å². The maximum Gasteiger partial charge on any atom is 0.228 e. The van der Waals surface area contributed by atoms with E-state index >= 15 is 0 Å². The van der Waals surface area contributed by atoms with Crippen molar-refractivity contribution in [3.8, 4) is 0 Å². The highest BCUT2D eigenvalue weighted by Gasteiger charge is 2.20. The van der Waals surface area contributed by atoms with E-state index in [9.17, 15) is 4.79 Å². The Morgan fingerprint density at radius 3 is 2.52 bits per heavy atom. The van der Waals surface area contributed by atoms with Crippen molar-refractivity contribution in [2.24, 2.45) is 0 Å². The molecule has 3 rings (SSSR count). The first-order valence-electron chi connectivity index (χ1n) is 10.6. The zero-order valence-corrected chi connectivity index (χ0v) is 21.0. The summed E-state index contributed by atoms with van der Waals surface area (Å²) in [5.74, 6) is 1.06. The Morgan fingerprint density at radius 1 is 1.06 bits per heavy atom. The highest BCUT2D eigenvalue weighted by atomic mass is 35.5. The Morgan fingerprint density at radius 2 is 1.81 bits per heavy atom. The van der Waals surface area contributed by atoms with Crippen molar-refractivity contribution >= 4 is 56.0 Å². The number of benzene rings is 2. The number of amides is 1. The normalized spacial score (nSPS) is 11.4. The fourth-order valence-electron chi connectivity index (χ4n) is 3.28. The summed E-state index contributed by atoms with van der Waals surface area (Å²) < 4.78 is 1.14. The highest BCUT2D eigenvalue weighted by molar-refractivity contribution is 7.99. The average Bonchev–Trinajstić information content (AvgIpc) is 3.17. The lowest BCUT2D eigenvalue weighted by Gasteiger charge is -2.21. The monoisotopic (exact) mass is 475 g/mol. The van der Waals surface area contributed by atoms with Gasteiger partial charge in [0.2, 0.25) is 5.91 Å². The maximum absolute atomic E-state index is 13.2. The summed E-state index contributed by atoms with van der Waals surface area (Å²) in [6, 6.07) is 12.1. The van der Waals surface area contributed by atoms with Crippen LogP contribution in [0.3, 0.4) is 0 Å². The largest absolute Gasteiger partial charge is 0.309 e. The highest BCUT2D eigenvalue weighted by Crippen LogP contribution is 2.32. The number of hydrogen-bond donors (Lipinski definition) is 0. The Labute approximate surface area is 198 Å². The molecule has 0 saturated carbocycles. The average molecular weight is 476 g/mol. The third-order valence-corrected chi connectivity index (χ3v) is 7.60. The van der Waals surface area contributed by atoms with E-state index in [0.717, 1.165) is 45.5 Å². The molecule has 0 saturated heterocycles. The van der Waals surface area contributed by atoms with Crippen LogP contribution in [-0.2, 0) is 4.79 Å². The van der Waals surface area contributed by atoms with Crippen LogP contribution in [0.5, 0.6) is 0 Å². The first-order valence-corrected chi connectivity index (χ1v) is 12.7. The Hall–Kier alpha value is -1.60. The van der Waals surface area contributed by atoms with E-state index in [1.807, 2.05) is 29.2 Å². The number of halogens is 1. The van der Waals surface area contributed by atoms with Gasteiger partial charge in [0.05, 0.1) is 10.2 Å². The summed E-state index contributed by atoms with van der Waals surface area (Å²) in [6.07, 6.45) is 2.28. The molecule has 0 fully saturated rings. The molecule has 1 heterocycles.